The van der Waals surface area contributed by atoms with Gasteiger partial charge in [0.25, 0.3) is 0 Å². The van der Waals surface area contributed by atoms with E-state index in [1.165, 1.54) is 6.07 Å². The van der Waals surface area contributed by atoms with Crippen molar-refractivity contribution in [3.05, 3.63) is 29.6 Å². The summed E-state index contributed by atoms with van der Waals surface area (Å²) in [6.45, 7) is 7.74. The van der Waals surface area contributed by atoms with Crippen molar-refractivity contribution in [1.82, 2.24) is 0 Å². The monoisotopic (exact) mass is 282 g/mol. The molecule has 0 spiro atoms. The fourth-order valence-electron chi connectivity index (χ4n) is 2.27. The lowest BCUT2D eigenvalue weighted by atomic mass is 10.0. The van der Waals surface area contributed by atoms with Crippen molar-refractivity contribution in [1.29, 1.82) is 0 Å². The first-order chi connectivity index (χ1) is 9.49. The Morgan fingerprint density at radius 1 is 1.35 bits per heavy atom. The third kappa shape index (κ3) is 4.76. The van der Waals surface area contributed by atoms with Crippen molar-refractivity contribution in [3.8, 4) is 0 Å². The van der Waals surface area contributed by atoms with Crippen LogP contribution in [0, 0.1) is 5.82 Å². The normalized spacial score (nSPS) is 12.8. The number of halogens is 1. The van der Waals surface area contributed by atoms with Gasteiger partial charge >= 0.3 is 0 Å². The molecule has 0 aliphatic heterocycles. The minimum Gasteiger partial charge on any atom is -0.383 e. The Morgan fingerprint density at radius 2 is 2.05 bits per heavy atom. The Balaban J connectivity index is 3.05. The van der Waals surface area contributed by atoms with Crippen molar-refractivity contribution < 1.29 is 9.13 Å². The summed E-state index contributed by atoms with van der Waals surface area (Å²) < 4.78 is 18.7. The first-order valence-electron chi connectivity index (χ1n) is 7.29. The Labute approximate surface area is 121 Å². The molecule has 0 saturated heterocycles. The topological polar surface area (TPSA) is 38.5 Å². The maximum absolute atomic E-state index is 13.5. The first kappa shape index (κ1) is 16.9. The van der Waals surface area contributed by atoms with Gasteiger partial charge in [0.05, 0.1) is 6.61 Å². The molecule has 0 aromatic heterocycles. The van der Waals surface area contributed by atoms with Crippen molar-refractivity contribution in [2.45, 2.75) is 45.7 Å². The molecule has 0 bridgehead atoms. The van der Waals surface area contributed by atoms with Crippen LogP contribution >= 0.6 is 0 Å². The molecule has 1 unspecified atom stereocenters. The van der Waals surface area contributed by atoms with Crippen LogP contribution in [0.15, 0.2) is 18.2 Å². The van der Waals surface area contributed by atoms with Gasteiger partial charge in [0.15, 0.2) is 0 Å². The second-order valence-corrected chi connectivity index (χ2v) is 5.43. The largest absolute Gasteiger partial charge is 0.383 e. The van der Waals surface area contributed by atoms with E-state index in [0.717, 1.165) is 24.2 Å². The molecule has 1 aromatic rings. The Hall–Kier alpha value is -1.13. The SMILES string of the molecule is CCC(N)Cc1cc(F)ccc1N(CCOC)C(C)C. The van der Waals surface area contributed by atoms with Crippen molar-refractivity contribution in [3.63, 3.8) is 0 Å². The number of methoxy groups -OCH3 is 1. The lowest BCUT2D eigenvalue weighted by molar-refractivity contribution is 0.204. The molecular formula is C16H27FN2O. The highest BCUT2D eigenvalue weighted by molar-refractivity contribution is 5.55. The highest BCUT2D eigenvalue weighted by Crippen LogP contribution is 2.25. The predicted molar refractivity (Wildman–Crippen MR) is 82.7 cm³/mol. The molecule has 1 atom stereocenters. The third-order valence-electron chi connectivity index (χ3n) is 3.52. The molecule has 1 aromatic carbocycles. The molecule has 20 heavy (non-hydrogen) atoms. The zero-order chi connectivity index (χ0) is 15.1. The van der Waals surface area contributed by atoms with E-state index in [4.69, 9.17) is 10.5 Å². The summed E-state index contributed by atoms with van der Waals surface area (Å²) in [5.41, 5.74) is 8.07. The molecule has 2 N–H and O–H groups in total. The van der Waals surface area contributed by atoms with Gasteiger partial charge < -0.3 is 15.4 Å². The van der Waals surface area contributed by atoms with Gasteiger partial charge in [0.1, 0.15) is 5.82 Å². The number of rotatable bonds is 8. The number of benzene rings is 1. The van der Waals surface area contributed by atoms with Crippen LogP contribution in [0.25, 0.3) is 0 Å². The van der Waals surface area contributed by atoms with Gasteiger partial charge in [0.2, 0.25) is 0 Å². The molecule has 0 amide bonds. The second-order valence-electron chi connectivity index (χ2n) is 5.43. The van der Waals surface area contributed by atoms with Gasteiger partial charge in [-0.05, 0) is 50.5 Å². The number of hydrogen-bond acceptors (Lipinski definition) is 3. The van der Waals surface area contributed by atoms with E-state index >= 15 is 0 Å². The van der Waals surface area contributed by atoms with E-state index in [1.54, 1.807) is 13.2 Å². The molecule has 1 rings (SSSR count). The predicted octanol–water partition coefficient (Wildman–Crippen LogP) is 2.97. The highest BCUT2D eigenvalue weighted by Gasteiger charge is 2.16. The summed E-state index contributed by atoms with van der Waals surface area (Å²) in [6.07, 6.45) is 1.58. The van der Waals surface area contributed by atoms with Gasteiger partial charge in [-0.2, -0.15) is 0 Å². The summed E-state index contributed by atoms with van der Waals surface area (Å²) in [4.78, 5) is 2.24. The lowest BCUT2D eigenvalue weighted by Crippen LogP contribution is -2.35. The number of ether oxygens (including phenoxy) is 1. The van der Waals surface area contributed by atoms with Crippen LogP contribution in [0.5, 0.6) is 0 Å². The summed E-state index contributed by atoms with van der Waals surface area (Å²) in [5, 5.41) is 0. The van der Waals surface area contributed by atoms with E-state index in [9.17, 15) is 4.39 Å². The molecule has 3 nitrogen and oxygen atoms in total. The molecule has 0 saturated carbocycles. The zero-order valence-corrected chi connectivity index (χ0v) is 13.0. The zero-order valence-electron chi connectivity index (χ0n) is 13.0. The van der Waals surface area contributed by atoms with Crippen LogP contribution in [0.1, 0.15) is 32.8 Å². The fraction of sp³-hybridized carbons (Fsp3) is 0.625. The molecule has 0 fully saturated rings. The van der Waals surface area contributed by atoms with E-state index < -0.39 is 0 Å². The number of hydrogen-bond donors (Lipinski definition) is 1. The molecule has 0 heterocycles. The van der Waals surface area contributed by atoms with E-state index in [-0.39, 0.29) is 11.9 Å². The van der Waals surface area contributed by atoms with E-state index in [2.05, 4.69) is 25.7 Å². The van der Waals surface area contributed by atoms with Crippen LogP contribution in [0.4, 0.5) is 10.1 Å². The van der Waals surface area contributed by atoms with Gasteiger partial charge in [-0.25, -0.2) is 4.39 Å². The first-order valence-corrected chi connectivity index (χ1v) is 7.29. The number of nitrogens with zero attached hydrogens (tertiary/aromatic N) is 1. The molecular weight excluding hydrogens is 255 g/mol. The average molecular weight is 282 g/mol. The van der Waals surface area contributed by atoms with Gasteiger partial charge in [-0.15, -0.1) is 0 Å². The lowest BCUT2D eigenvalue weighted by Gasteiger charge is -2.31. The van der Waals surface area contributed by atoms with E-state index in [1.807, 2.05) is 6.07 Å². The Kier molecular flexibility index (Phi) is 6.96. The van der Waals surface area contributed by atoms with Crippen LogP contribution in [-0.2, 0) is 11.2 Å². The quantitative estimate of drug-likeness (QED) is 0.796. The fourth-order valence-corrected chi connectivity index (χ4v) is 2.27. The van der Waals surface area contributed by atoms with Crippen LogP contribution in [-0.4, -0.2) is 32.3 Å². The van der Waals surface area contributed by atoms with Crippen molar-refractivity contribution in [2.24, 2.45) is 5.73 Å². The standard InChI is InChI=1S/C16H27FN2O/c1-5-15(18)11-13-10-14(17)6-7-16(13)19(12(2)3)8-9-20-4/h6-7,10,12,15H,5,8-9,11,18H2,1-4H3. The van der Waals surface area contributed by atoms with Gasteiger partial charge in [-0.1, -0.05) is 6.92 Å². The van der Waals surface area contributed by atoms with Gasteiger partial charge in [0, 0.05) is 31.4 Å². The van der Waals surface area contributed by atoms with Crippen LogP contribution < -0.4 is 10.6 Å². The second kappa shape index (κ2) is 8.22. The number of anilines is 1. The summed E-state index contributed by atoms with van der Waals surface area (Å²) in [6, 6.07) is 5.35. The molecule has 0 aliphatic rings. The Bertz CT molecular complexity index is 409. The maximum atomic E-state index is 13.5. The van der Waals surface area contributed by atoms with Gasteiger partial charge in [-0.3, -0.25) is 0 Å². The summed E-state index contributed by atoms with van der Waals surface area (Å²) in [5.74, 6) is -0.206. The molecule has 114 valence electrons. The number of nitrogens with two attached hydrogens (primary N) is 1. The van der Waals surface area contributed by atoms with Crippen molar-refractivity contribution in [2.75, 3.05) is 25.2 Å². The summed E-state index contributed by atoms with van der Waals surface area (Å²) in [7, 11) is 1.69. The van der Waals surface area contributed by atoms with E-state index in [0.29, 0.717) is 19.1 Å². The minimum atomic E-state index is -0.206. The van der Waals surface area contributed by atoms with Crippen molar-refractivity contribution >= 4 is 5.69 Å². The summed E-state index contributed by atoms with van der Waals surface area (Å²) >= 11 is 0. The average Bonchev–Trinajstić information content (AvgIpc) is 2.40. The highest BCUT2D eigenvalue weighted by atomic mass is 19.1. The minimum absolute atomic E-state index is 0.0620. The molecule has 4 heteroatoms. The third-order valence-corrected chi connectivity index (χ3v) is 3.52. The van der Waals surface area contributed by atoms with Crippen LogP contribution in [0.3, 0.4) is 0 Å². The smallest absolute Gasteiger partial charge is 0.123 e. The maximum Gasteiger partial charge on any atom is 0.123 e. The van der Waals surface area contributed by atoms with Crippen LogP contribution in [0.2, 0.25) is 0 Å². The molecule has 0 radical (unpaired) electrons. The Morgan fingerprint density at radius 3 is 2.60 bits per heavy atom. The molecule has 0 aliphatic carbocycles.